The molecule has 0 fully saturated rings. The van der Waals surface area contributed by atoms with E-state index >= 15 is 0 Å². The van der Waals surface area contributed by atoms with Gasteiger partial charge in [0.1, 0.15) is 11.4 Å². The Hall–Kier alpha value is -1.88. The molecule has 0 unspecified atom stereocenters. The molecule has 15 heavy (non-hydrogen) atoms. The van der Waals surface area contributed by atoms with E-state index in [9.17, 15) is 4.79 Å². The Balaban J connectivity index is 2.15. The highest BCUT2D eigenvalue weighted by atomic mass is 35.5. The van der Waals surface area contributed by atoms with Gasteiger partial charge in [0.15, 0.2) is 5.82 Å². The van der Waals surface area contributed by atoms with Gasteiger partial charge in [-0.15, -0.1) is 0 Å². The zero-order valence-corrected chi connectivity index (χ0v) is 8.23. The number of nitrogens with zero attached hydrogens (tertiary/aromatic N) is 2. The lowest BCUT2D eigenvalue weighted by molar-refractivity contribution is 0.102. The second-order valence-electron chi connectivity index (χ2n) is 2.71. The molecule has 0 saturated carbocycles. The topological polar surface area (TPSA) is 68.0 Å². The Labute approximate surface area is 90.1 Å². The van der Waals surface area contributed by atoms with Crippen LogP contribution < -0.4 is 5.32 Å². The summed E-state index contributed by atoms with van der Waals surface area (Å²) in [4.78, 5) is 15.4. The maximum absolute atomic E-state index is 11.6. The van der Waals surface area contributed by atoms with Crippen molar-refractivity contribution in [3.8, 4) is 0 Å². The predicted molar refractivity (Wildman–Crippen MR) is 53.7 cm³/mol. The third kappa shape index (κ3) is 2.32. The summed E-state index contributed by atoms with van der Waals surface area (Å²) < 4.78 is 4.57. The third-order valence-electron chi connectivity index (χ3n) is 1.67. The van der Waals surface area contributed by atoms with Gasteiger partial charge in [0.05, 0.1) is 0 Å². The molecule has 0 atom stereocenters. The zero-order chi connectivity index (χ0) is 10.7. The van der Waals surface area contributed by atoms with Crippen molar-refractivity contribution in [1.29, 1.82) is 0 Å². The van der Waals surface area contributed by atoms with E-state index in [1.165, 1.54) is 18.5 Å². The Morgan fingerprint density at radius 1 is 1.47 bits per heavy atom. The zero-order valence-electron chi connectivity index (χ0n) is 7.48. The Kier molecular flexibility index (Phi) is 2.64. The Morgan fingerprint density at radius 2 is 2.33 bits per heavy atom. The minimum Gasteiger partial charge on any atom is -0.363 e. The quantitative estimate of drug-likeness (QED) is 0.791. The van der Waals surface area contributed by atoms with E-state index in [2.05, 4.69) is 20.0 Å². The first-order valence-corrected chi connectivity index (χ1v) is 4.47. The van der Waals surface area contributed by atoms with Gasteiger partial charge in [-0.1, -0.05) is 16.8 Å². The fourth-order valence-electron chi connectivity index (χ4n) is 1.01. The van der Waals surface area contributed by atoms with Gasteiger partial charge >= 0.3 is 0 Å². The first-order chi connectivity index (χ1) is 7.25. The average Bonchev–Trinajstić information content (AvgIpc) is 2.70. The molecule has 6 heteroatoms. The van der Waals surface area contributed by atoms with E-state index in [0.29, 0.717) is 11.4 Å². The molecule has 0 aromatic carbocycles. The molecule has 0 aliphatic rings. The smallest absolute Gasteiger partial charge is 0.257 e. The molecule has 76 valence electrons. The summed E-state index contributed by atoms with van der Waals surface area (Å²) >= 11 is 5.65. The lowest BCUT2D eigenvalue weighted by Gasteiger charge is -2.00. The van der Waals surface area contributed by atoms with Crippen LogP contribution in [-0.2, 0) is 0 Å². The van der Waals surface area contributed by atoms with Crippen LogP contribution in [0.4, 0.5) is 5.82 Å². The Bertz CT molecular complexity index is 470. The SMILES string of the molecule is O=C(Nc1ccon1)c1ccnc(Cl)c1. The van der Waals surface area contributed by atoms with Crippen LogP contribution in [0, 0.1) is 0 Å². The van der Waals surface area contributed by atoms with Crippen molar-refractivity contribution in [2.45, 2.75) is 0 Å². The number of aromatic nitrogens is 2. The van der Waals surface area contributed by atoms with E-state index in [0.717, 1.165) is 0 Å². The molecule has 2 aromatic heterocycles. The van der Waals surface area contributed by atoms with Crippen LogP contribution >= 0.6 is 11.6 Å². The summed E-state index contributed by atoms with van der Waals surface area (Å²) in [6, 6.07) is 4.57. The summed E-state index contributed by atoms with van der Waals surface area (Å²) in [5, 5.41) is 6.35. The summed E-state index contributed by atoms with van der Waals surface area (Å²) in [5.74, 6) is 0.0427. The molecule has 2 heterocycles. The van der Waals surface area contributed by atoms with E-state index < -0.39 is 0 Å². The van der Waals surface area contributed by atoms with Gasteiger partial charge < -0.3 is 9.84 Å². The molecule has 1 amide bonds. The van der Waals surface area contributed by atoms with Crippen LogP contribution in [0.3, 0.4) is 0 Å². The highest BCUT2D eigenvalue weighted by Gasteiger charge is 2.07. The van der Waals surface area contributed by atoms with Crippen molar-refractivity contribution in [1.82, 2.24) is 10.1 Å². The minimum atomic E-state index is -0.312. The van der Waals surface area contributed by atoms with Gasteiger partial charge in [0.2, 0.25) is 0 Å². The van der Waals surface area contributed by atoms with E-state index in [1.54, 1.807) is 12.1 Å². The fraction of sp³-hybridized carbons (Fsp3) is 0. The molecular weight excluding hydrogens is 218 g/mol. The number of amides is 1. The molecule has 0 aliphatic carbocycles. The Morgan fingerprint density at radius 3 is 3.00 bits per heavy atom. The van der Waals surface area contributed by atoms with Crippen molar-refractivity contribution in [2.75, 3.05) is 5.32 Å². The third-order valence-corrected chi connectivity index (χ3v) is 1.87. The highest BCUT2D eigenvalue weighted by molar-refractivity contribution is 6.29. The van der Waals surface area contributed by atoms with Crippen LogP contribution in [0.1, 0.15) is 10.4 Å². The van der Waals surface area contributed by atoms with Crippen molar-refractivity contribution in [3.05, 3.63) is 41.4 Å². The fourth-order valence-corrected chi connectivity index (χ4v) is 1.18. The average molecular weight is 224 g/mol. The number of nitrogens with one attached hydrogen (secondary N) is 1. The molecule has 0 radical (unpaired) electrons. The number of halogens is 1. The molecule has 2 rings (SSSR count). The van der Waals surface area contributed by atoms with Crippen molar-refractivity contribution < 1.29 is 9.32 Å². The molecule has 5 nitrogen and oxygen atoms in total. The van der Waals surface area contributed by atoms with Gasteiger partial charge in [-0.05, 0) is 12.1 Å². The van der Waals surface area contributed by atoms with Crippen LogP contribution in [0.5, 0.6) is 0 Å². The van der Waals surface area contributed by atoms with Crippen LogP contribution in [0.15, 0.2) is 35.2 Å². The van der Waals surface area contributed by atoms with Crippen molar-refractivity contribution >= 4 is 23.3 Å². The lowest BCUT2D eigenvalue weighted by Crippen LogP contribution is -2.12. The molecule has 0 spiro atoms. The summed E-state index contributed by atoms with van der Waals surface area (Å²) in [6.07, 6.45) is 2.83. The highest BCUT2D eigenvalue weighted by Crippen LogP contribution is 2.09. The van der Waals surface area contributed by atoms with Gasteiger partial charge in [0.25, 0.3) is 5.91 Å². The first kappa shape index (κ1) is 9.67. The summed E-state index contributed by atoms with van der Waals surface area (Å²) in [6.45, 7) is 0. The van der Waals surface area contributed by atoms with Gasteiger partial charge in [-0.25, -0.2) is 4.98 Å². The number of carbonyl (C=O) groups is 1. The number of anilines is 1. The van der Waals surface area contributed by atoms with Gasteiger partial charge in [-0.2, -0.15) is 0 Å². The minimum absolute atomic E-state index is 0.266. The molecule has 0 saturated heterocycles. The second kappa shape index (κ2) is 4.10. The lowest BCUT2D eigenvalue weighted by atomic mass is 10.2. The van der Waals surface area contributed by atoms with Crippen molar-refractivity contribution in [3.63, 3.8) is 0 Å². The van der Waals surface area contributed by atoms with E-state index in [-0.39, 0.29) is 11.1 Å². The number of hydrogen-bond acceptors (Lipinski definition) is 4. The van der Waals surface area contributed by atoms with E-state index in [1.807, 2.05) is 0 Å². The standard InChI is InChI=1S/C9H6ClN3O2/c10-7-5-6(1-3-11-7)9(14)12-8-2-4-15-13-8/h1-5H,(H,12,13,14). The molecule has 2 aromatic rings. The molecular formula is C9H6ClN3O2. The van der Waals surface area contributed by atoms with Crippen LogP contribution in [-0.4, -0.2) is 16.0 Å². The maximum Gasteiger partial charge on any atom is 0.257 e. The normalized spacial score (nSPS) is 9.93. The first-order valence-electron chi connectivity index (χ1n) is 4.09. The van der Waals surface area contributed by atoms with E-state index in [4.69, 9.17) is 11.6 Å². The summed E-state index contributed by atoms with van der Waals surface area (Å²) in [7, 11) is 0. The van der Waals surface area contributed by atoms with Gasteiger partial charge in [0, 0.05) is 17.8 Å². The molecule has 0 bridgehead atoms. The van der Waals surface area contributed by atoms with Gasteiger partial charge in [-0.3, -0.25) is 4.79 Å². The maximum atomic E-state index is 11.6. The van der Waals surface area contributed by atoms with Crippen molar-refractivity contribution in [2.24, 2.45) is 0 Å². The summed E-state index contributed by atoms with van der Waals surface area (Å²) in [5.41, 5.74) is 0.415. The number of carbonyl (C=O) groups excluding carboxylic acids is 1. The largest absolute Gasteiger partial charge is 0.363 e. The number of rotatable bonds is 2. The van der Waals surface area contributed by atoms with Crippen LogP contribution in [0.25, 0.3) is 0 Å². The number of pyridine rings is 1. The molecule has 0 aliphatic heterocycles. The molecule has 1 N–H and O–H groups in total. The second-order valence-corrected chi connectivity index (χ2v) is 3.09. The van der Waals surface area contributed by atoms with Crippen LogP contribution in [0.2, 0.25) is 5.15 Å². The predicted octanol–water partition coefficient (Wildman–Crippen LogP) is 1.98. The monoisotopic (exact) mass is 223 g/mol. The number of hydrogen-bond donors (Lipinski definition) is 1.